The van der Waals surface area contributed by atoms with Gasteiger partial charge >= 0.3 is 6.03 Å². The molecule has 1 spiro atoms. The minimum Gasteiger partial charge on any atom is -0.348 e. The summed E-state index contributed by atoms with van der Waals surface area (Å²) >= 11 is 0. The van der Waals surface area contributed by atoms with Gasteiger partial charge in [0.1, 0.15) is 12.1 Å². The van der Waals surface area contributed by atoms with E-state index in [4.69, 9.17) is 0 Å². The summed E-state index contributed by atoms with van der Waals surface area (Å²) in [5, 5.41) is 5.66. The average Bonchev–Trinajstić information content (AvgIpc) is 2.80. The average molecular weight is 329 g/mol. The highest BCUT2D eigenvalue weighted by Crippen LogP contribution is 2.33. The fourth-order valence-corrected chi connectivity index (χ4v) is 3.57. The largest absolute Gasteiger partial charge is 0.348 e. The molecule has 1 aliphatic heterocycles. The summed E-state index contributed by atoms with van der Waals surface area (Å²) in [7, 11) is 0. The Morgan fingerprint density at radius 2 is 1.88 bits per heavy atom. The van der Waals surface area contributed by atoms with Crippen LogP contribution in [-0.2, 0) is 9.59 Å². The SMILES string of the molecule is CC(NC(=O)CN1C(=O)NC2(CCCCC2)C1=O)c1ccccc1. The van der Waals surface area contributed by atoms with Gasteiger partial charge in [0.25, 0.3) is 5.91 Å². The van der Waals surface area contributed by atoms with Crippen molar-refractivity contribution < 1.29 is 14.4 Å². The fraction of sp³-hybridized carbons (Fsp3) is 0.500. The molecular formula is C18H23N3O3. The number of benzene rings is 1. The zero-order valence-corrected chi connectivity index (χ0v) is 13.9. The van der Waals surface area contributed by atoms with E-state index >= 15 is 0 Å². The van der Waals surface area contributed by atoms with Gasteiger partial charge in [0.15, 0.2) is 0 Å². The van der Waals surface area contributed by atoms with Crippen LogP contribution >= 0.6 is 0 Å². The Labute approximate surface area is 141 Å². The highest BCUT2D eigenvalue weighted by molar-refractivity contribution is 6.09. The lowest BCUT2D eigenvalue weighted by molar-refractivity contribution is -0.136. The lowest BCUT2D eigenvalue weighted by Gasteiger charge is -2.30. The van der Waals surface area contributed by atoms with E-state index in [1.165, 1.54) is 0 Å². The minimum absolute atomic E-state index is 0.178. The molecule has 1 aromatic carbocycles. The van der Waals surface area contributed by atoms with Crippen molar-refractivity contribution in [3.05, 3.63) is 35.9 Å². The molecule has 0 radical (unpaired) electrons. The molecule has 1 atom stereocenters. The maximum absolute atomic E-state index is 12.6. The maximum Gasteiger partial charge on any atom is 0.325 e. The minimum atomic E-state index is -0.777. The molecule has 6 nitrogen and oxygen atoms in total. The summed E-state index contributed by atoms with van der Waals surface area (Å²) in [6, 6.07) is 8.94. The predicted molar refractivity (Wildman–Crippen MR) is 89.1 cm³/mol. The Morgan fingerprint density at radius 1 is 1.21 bits per heavy atom. The molecule has 24 heavy (non-hydrogen) atoms. The number of nitrogens with one attached hydrogen (secondary N) is 2. The smallest absolute Gasteiger partial charge is 0.325 e. The molecule has 1 unspecified atom stereocenters. The summed E-state index contributed by atoms with van der Waals surface area (Å²) in [4.78, 5) is 38.1. The summed E-state index contributed by atoms with van der Waals surface area (Å²) in [5.74, 6) is -0.586. The van der Waals surface area contributed by atoms with Gasteiger partial charge in [-0.1, -0.05) is 49.6 Å². The van der Waals surface area contributed by atoms with Gasteiger partial charge in [0.05, 0.1) is 6.04 Å². The number of amides is 4. The van der Waals surface area contributed by atoms with Gasteiger partial charge in [0, 0.05) is 0 Å². The zero-order valence-electron chi connectivity index (χ0n) is 13.9. The topological polar surface area (TPSA) is 78.5 Å². The lowest BCUT2D eigenvalue weighted by Crippen LogP contribution is -2.49. The van der Waals surface area contributed by atoms with Crippen LogP contribution in [0.5, 0.6) is 0 Å². The predicted octanol–water partition coefficient (Wildman–Crippen LogP) is 2.12. The van der Waals surface area contributed by atoms with Crippen LogP contribution in [0.15, 0.2) is 30.3 Å². The first kappa shape index (κ1) is 16.5. The molecule has 2 aliphatic rings. The van der Waals surface area contributed by atoms with E-state index in [-0.39, 0.29) is 24.4 Å². The number of carbonyl (C=O) groups is 3. The zero-order chi connectivity index (χ0) is 17.2. The van der Waals surface area contributed by atoms with Gasteiger partial charge in [-0.2, -0.15) is 0 Å². The molecule has 4 amide bonds. The number of hydrogen-bond donors (Lipinski definition) is 2. The van der Waals surface area contributed by atoms with Gasteiger partial charge in [0.2, 0.25) is 5.91 Å². The van der Waals surface area contributed by atoms with Crippen molar-refractivity contribution in [2.45, 2.75) is 50.6 Å². The van der Waals surface area contributed by atoms with Crippen LogP contribution in [0.2, 0.25) is 0 Å². The quantitative estimate of drug-likeness (QED) is 0.831. The number of urea groups is 1. The molecule has 6 heteroatoms. The van der Waals surface area contributed by atoms with E-state index < -0.39 is 11.6 Å². The van der Waals surface area contributed by atoms with Gasteiger partial charge in [-0.25, -0.2) is 4.79 Å². The number of nitrogens with zero attached hydrogens (tertiary/aromatic N) is 1. The molecule has 128 valence electrons. The summed E-state index contributed by atoms with van der Waals surface area (Å²) < 4.78 is 0. The third-order valence-corrected chi connectivity index (χ3v) is 4.93. The van der Waals surface area contributed by atoms with Gasteiger partial charge in [-0.15, -0.1) is 0 Å². The Morgan fingerprint density at radius 3 is 2.54 bits per heavy atom. The van der Waals surface area contributed by atoms with Crippen molar-refractivity contribution in [1.82, 2.24) is 15.5 Å². The molecule has 1 saturated carbocycles. The lowest BCUT2D eigenvalue weighted by atomic mass is 9.82. The second-order valence-corrected chi connectivity index (χ2v) is 6.66. The Hall–Kier alpha value is -2.37. The molecule has 0 bridgehead atoms. The molecule has 1 saturated heterocycles. The first-order chi connectivity index (χ1) is 11.5. The van der Waals surface area contributed by atoms with Crippen LogP contribution in [0.1, 0.15) is 50.6 Å². The maximum atomic E-state index is 12.6. The standard InChI is InChI=1S/C18H23N3O3/c1-13(14-8-4-2-5-9-14)19-15(22)12-21-16(23)18(20-17(21)24)10-6-3-7-11-18/h2,4-5,8-9,13H,3,6-7,10-12H2,1H3,(H,19,22)(H,20,24). The Balaban J connectivity index is 1.62. The number of rotatable bonds is 4. The first-order valence-corrected chi connectivity index (χ1v) is 8.50. The summed E-state index contributed by atoms with van der Waals surface area (Å²) in [5.41, 5.74) is 0.201. The van der Waals surface area contributed by atoms with Crippen LogP contribution in [0.25, 0.3) is 0 Å². The van der Waals surface area contributed by atoms with E-state index in [1.807, 2.05) is 37.3 Å². The number of hydrogen-bond acceptors (Lipinski definition) is 3. The van der Waals surface area contributed by atoms with E-state index in [2.05, 4.69) is 10.6 Å². The third kappa shape index (κ3) is 3.13. The van der Waals surface area contributed by atoms with Crippen molar-refractivity contribution >= 4 is 17.8 Å². The Bertz CT molecular complexity index is 638. The molecule has 2 fully saturated rings. The van der Waals surface area contributed by atoms with Gasteiger partial charge in [-0.3, -0.25) is 14.5 Å². The van der Waals surface area contributed by atoms with Gasteiger partial charge < -0.3 is 10.6 Å². The van der Waals surface area contributed by atoms with Crippen LogP contribution in [0, 0.1) is 0 Å². The van der Waals surface area contributed by atoms with Crippen molar-refractivity contribution in [1.29, 1.82) is 0 Å². The second-order valence-electron chi connectivity index (χ2n) is 6.66. The second kappa shape index (κ2) is 6.63. The van der Waals surface area contributed by atoms with Crippen molar-refractivity contribution in [2.24, 2.45) is 0 Å². The van der Waals surface area contributed by atoms with Crippen LogP contribution in [-0.4, -0.2) is 34.8 Å². The monoisotopic (exact) mass is 329 g/mol. The van der Waals surface area contributed by atoms with E-state index in [1.54, 1.807) is 0 Å². The molecule has 3 rings (SSSR count). The number of carbonyl (C=O) groups excluding carboxylic acids is 3. The first-order valence-electron chi connectivity index (χ1n) is 8.50. The van der Waals surface area contributed by atoms with E-state index in [0.29, 0.717) is 12.8 Å². The summed E-state index contributed by atoms with van der Waals surface area (Å²) in [6.07, 6.45) is 4.26. The van der Waals surface area contributed by atoms with Crippen LogP contribution in [0.3, 0.4) is 0 Å². The van der Waals surface area contributed by atoms with Crippen molar-refractivity contribution in [3.63, 3.8) is 0 Å². The molecule has 1 heterocycles. The van der Waals surface area contributed by atoms with E-state index in [0.717, 1.165) is 29.7 Å². The highest BCUT2D eigenvalue weighted by Gasteiger charge is 2.51. The molecule has 2 N–H and O–H groups in total. The van der Waals surface area contributed by atoms with Crippen molar-refractivity contribution in [2.75, 3.05) is 6.54 Å². The molecule has 1 aromatic rings. The molecule has 0 aromatic heterocycles. The third-order valence-electron chi connectivity index (χ3n) is 4.93. The molecular weight excluding hydrogens is 306 g/mol. The normalized spacial score (nSPS) is 20.8. The summed E-state index contributed by atoms with van der Waals surface area (Å²) in [6.45, 7) is 1.64. The number of imide groups is 1. The fourth-order valence-electron chi connectivity index (χ4n) is 3.57. The highest BCUT2D eigenvalue weighted by atomic mass is 16.2. The van der Waals surface area contributed by atoms with E-state index in [9.17, 15) is 14.4 Å². The van der Waals surface area contributed by atoms with Crippen LogP contribution < -0.4 is 10.6 Å². The molecule has 1 aliphatic carbocycles. The van der Waals surface area contributed by atoms with Crippen LogP contribution in [0.4, 0.5) is 4.79 Å². The van der Waals surface area contributed by atoms with Gasteiger partial charge in [-0.05, 0) is 25.3 Å². The van der Waals surface area contributed by atoms with Crippen molar-refractivity contribution in [3.8, 4) is 0 Å². The Kier molecular flexibility index (Phi) is 4.55.